The van der Waals surface area contributed by atoms with Gasteiger partial charge in [0.05, 0.1) is 12.2 Å². The number of carbonyl (C=O) groups is 1. The zero-order valence-electron chi connectivity index (χ0n) is 14.7. The normalized spacial score (nSPS) is 12.5. The molecule has 2 N–H and O–H groups in total. The van der Waals surface area contributed by atoms with Gasteiger partial charge in [-0.2, -0.15) is 5.10 Å². The van der Waals surface area contributed by atoms with Gasteiger partial charge in [-0.1, -0.05) is 19.9 Å². The molecule has 3 aromatic rings. The van der Waals surface area contributed by atoms with Gasteiger partial charge in [0.15, 0.2) is 0 Å². The summed E-state index contributed by atoms with van der Waals surface area (Å²) in [5, 5.41) is 12.2. The van der Waals surface area contributed by atoms with Gasteiger partial charge in [-0.3, -0.25) is 9.89 Å². The number of hydrogen-bond donors (Lipinski definition) is 2. The van der Waals surface area contributed by atoms with Crippen LogP contribution >= 0.6 is 11.3 Å². The van der Waals surface area contributed by atoms with E-state index in [-0.39, 0.29) is 11.9 Å². The molecule has 0 aliphatic carbocycles. The van der Waals surface area contributed by atoms with Crippen LogP contribution in [0.4, 0.5) is 0 Å². The monoisotopic (exact) mass is 357 g/mol. The van der Waals surface area contributed by atoms with Gasteiger partial charge in [0.2, 0.25) is 0 Å². The molecule has 132 valence electrons. The molecule has 0 saturated heterocycles. The van der Waals surface area contributed by atoms with Crippen molar-refractivity contribution in [1.29, 1.82) is 0 Å². The molecule has 6 nitrogen and oxygen atoms in total. The van der Waals surface area contributed by atoms with E-state index in [1.165, 1.54) is 4.88 Å². The van der Waals surface area contributed by atoms with E-state index in [1.807, 2.05) is 24.6 Å². The maximum absolute atomic E-state index is 12.4. The summed E-state index contributed by atoms with van der Waals surface area (Å²) in [5.74, 6) is 1.21. The highest BCUT2D eigenvalue weighted by atomic mass is 32.1. The van der Waals surface area contributed by atoms with Gasteiger partial charge < -0.3 is 9.88 Å². The Morgan fingerprint density at radius 2 is 2.24 bits per heavy atom. The fraction of sp³-hybridized carbons (Fsp3) is 0.389. The molecule has 0 aliphatic rings. The number of nitrogens with one attached hydrogen (secondary N) is 2. The zero-order valence-corrected chi connectivity index (χ0v) is 15.5. The lowest BCUT2D eigenvalue weighted by Gasteiger charge is -2.11. The van der Waals surface area contributed by atoms with Crippen molar-refractivity contribution in [3.05, 3.63) is 58.1 Å². The molecule has 0 radical (unpaired) electrons. The molecular formula is C18H23N5OS. The predicted octanol–water partition coefficient (Wildman–Crippen LogP) is 3.20. The minimum absolute atomic E-state index is 0.0625. The van der Waals surface area contributed by atoms with Crippen LogP contribution in [0, 0.1) is 0 Å². The van der Waals surface area contributed by atoms with E-state index in [4.69, 9.17) is 0 Å². The van der Waals surface area contributed by atoms with E-state index in [9.17, 15) is 4.79 Å². The maximum Gasteiger partial charge on any atom is 0.271 e. The van der Waals surface area contributed by atoms with Gasteiger partial charge in [0, 0.05) is 35.7 Å². The predicted molar refractivity (Wildman–Crippen MR) is 99.0 cm³/mol. The first-order valence-electron chi connectivity index (χ1n) is 8.41. The van der Waals surface area contributed by atoms with Crippen LogP contribution in [-0.4, -0.2) is 31.7 Å². The van der Waals surface area contributed by atoms with Crippen molar-refractivity contribution in [1.82, 2.24) is 25.1 Å². The van der Waals surface area contributed by atoms with Crippen molar-refractivity contribution in [2.24, 2.45) is 0 Å². The SMILES string of the molecule is CC(C)c1nccn1Cc1cc(C(=O)N[C@@H](C)Cc2cccs2)n[nH]1. The summed E-state index contributed by atoms with van der Waals surface area (Å²) in [6.07, 6.45) is 4.57. The van der Waals surface area contributed by atoms with Crippen molar-refractivity contribution in [2.75, 3.05) is 0 Å². The number of H-pyrrole nitrogens is 1. The summed E-state index contributed by atoms with van der Waals surface area (Å²) in [5.41, 5.74) is 1.30. The van der Waals surface area contributed by atoms with Crippen LogP contribution in [0.25, 0.3) is 0 Å². The molecule has 3 aromatic heterocycles. The summed E-state index contributed by atoms with van der Waals surface area (Å²) in [6.45, 7) is 6.85. The van der Waals surface area contributed by atoms with Crippen LogP contribution in [0.15, 0.2) is 36.0 Å². The Morgan fingerprint density at radius 3 is 2.96 bits per heavy atom. The fourth-order valence-corrected chi connectivity index (χ4v) is 3.61. The second-order valence-electron chi connectivity index (χ2n) is 6.50. The number of nitrogens with zero attached hydrogens (tertiary/aromatic N) is 3. The number of aromatic amines is 1. The topological polar surface area (TPSA) is 75.6 Å². The van der Waals surface area contributed by atoms with Gasteiger partial charge in [0.25, 0.3) is 5.91 Å². The summed E-state index contributed by atoms with van der Waals surface area (Å²) < 4.78 is 2.07. The third kappa shape index (κ3) is 4.36. The highest BCUT2D eigenvalue weighted by molar-refractivity contribution is 7.09. The van der Waals surface area contributed by atoms with Gasteiger partial charge >= 0.3 is 0 Å². The molecule has 3 rings (SSSR count). The second-order valence-corrected chi connectivity index (χ2v) is 7.54. The van der Waals surface area contributed by atoms with Crippen molar-refractivity contribution in [3.8, 4) is 0 Å². The van der Waals surface area contributed by atoms with Crippen molar-refractivity contribution < 1.29 is 4.79 Å². The Labute approximate surface area is 151 Å². The number of rotatable bonds is 7. The number of carbonyl (C=O) groups excluding carboxylic acids is 1. The van der Waals surface area contributed by atoms with Gasteiger partial charge in [-0.15, -0.1) is 11.3 Å². The van der Waals surface area contributed by atoms with E-state index in [0.717, 1.165) is 17.9 Å². The van der Waals surface area contributed by atoms with E-state index < -0.39 is 0 Å². The van der Waals surface area contributed by atoms with Gasteiger partial charge in [-0.05, 0) is 24.4 Å². The summed E-state index contributed by atoms with van der Waals surface area (Å²) >= 11 is 1.70. The third-order valence-corrected chi connectivity index (χ3v) is 4.83. The molecule has 0 fully saturated rings. The van der Waals surface area contributed by atoms with Crippen molar-refractivity contribution >= 4 is 17.2 Å². The highest BCUT2D eigenvalue weighted by Gasteiger charge is 2.15. The van der Waals surface area contributed by atoms with Crippen molar-refractivity contribution in [3.63, 3.8) is 0 Å². The molecule has 0 aliphatic heterocycles. The molecule has 0 bridgehead atoms. The highest BCUT2D eigenvalue weighted by Crippen LogP contribution is 2.14. The van der Waals surface area contributed by atoms with E-state index in [1.54, 1.807) is 23.6 Å². The average Bonchev–Trinajstić information content (AvgIpc) is 3.28. The number of amides is 1. The minimum atomic E-state index is -0.152. The molecular weight excluding hydrogens is 334 g/mol. The Morgan fingerprint density at radius 1 is 1.40 bits per heavy atom. The number of aromatic nitrogens is 4. The van der Waals surface area contributed by atoms with E-state index >= 15 is 0 Å². The van der Waals surface area contributed by atoms with Gasteiger partial charge in [-0.25, -0.2) is 4.98 Å². The number of thiophene rings is 1. The molecule has 7 heteroatoms. The summed E-state index contributed by atoms with van der Waals surface area (Å²) in [7, 11) is 0. The van der Waals surface area contributed by atoms with Crippen LogP contribution < -0.4 is 5.32 Å². The molecule has 0 saturated carbocycles. The first-order chi connectivity index (χ1) is 12.0. The Balaban J connectivity index is 1.60. The quantitative estimate of drug-likeness (QED) is 0.682. The minimum Gasteiger partial charge on any atom is -0.348 e. The lowest BCUT2D eigenvalue weighted by molar-refractivity contribution is 0.0935. The Hall–Kier alpha value is -2.41. The van der Waals surface area contributed by atoms with Gasteiger partial charge in [0.1, 0.15) is 11.5 Å². The fourth-order valence-electron chi connectivity index (χ4n) is 2.78. The smallest absolute Gasteiger partial charge is 0.271 e. The largest absolute Gasteiger partial charge is 0.348 e. The number of imidazole rings is 1. The zero-order chi connectivity index (χ0) is 17.8. The summed E-state index contributed by atoms with van der Waals surface area (Å²) in [6, 6.07) is 5.97. The molecule has 0 unspecified atom stereocenters. The van der Waals surface area contributed by atoms with Crippen LogP contribution in [-0.2, 0) is 13.0 Å². The Bertz CT molecular complexity index is 818. The molecule has 1 atom stereocenters. The first-order valence-corrected chi connectivity index (χ1v) is 9.29. The molecule has 1 amide bonds. The molecule has 0 aromatic carbocycles. The second kappa shape index (κ2) is 7.65. The molecule has 25 heavy (non-hydrogen) atoms. The Kier molecular flexibility index (Phi) is 5.33. The first kappa shape index (κ1) is 17.4. The molecule has 3 heterocycles. The number of hydrogen-bond acceptors (Lipinski definition) is 4. The van der Waals surface area contributed by atoms with Crippen LogP contribution in [0.1, 0.15) is 53.6 Å². The lowest BCUT2D eigenvalue weighted by atomic mass is 10.2. The van der Waals surface area contributed by atoms with Crippen LogP contribution in [0.5, 0.6) is 0 Å². The van der Waals surface area contributed by atoms with Crippen LogP contribution in [0.3, 0.4) is 0 Å². The summed E-state index contributed by atoms with van der Waals surface area (Å²) in [4.78, 5) is 18.0. The lowest BCUT2D eigenvalue weighted by Crippen LogP contribution is -2.34. The average molecular weight is 357 g/mol. The van der Waals surface area contributed by atoms with Crippen LogP contribution in [0.2, 0.25) is 0 Å². The standard InChI is InChI=1S/C18H23N5OS/c1-12(2)17-19-6-7-23(17)11-14-10-16(22-21-14)18(24)20-13(3)9-15-5-4-8-25-15/h4-8,10,12-13H,9,11H2,1-3H3,(H,20,24)(H,21,22)/t13-/m0/s1. The van der Waals surface area contributed by atoms with E-state index in [2.05, 4.69) is 45.0 Å². The molecule has 0 spiro atoms. The van der Waals surface area contributed by atoms with Crippen molar-refractivity contribution in [2.45, 2.75) is 45.7 Å². The van der Waals surface area contributed by atoms with E-state index in [0.29, 0.717) is 18.2 Å². The third-order valence-electron chi connectivity index (χ3n) is 3.93. The maximum atomic E-state index is 12.4.